The van der Waals surface area contributed by atoms with Crippen LogP contribution in [0.4, 0.5) is 5.13 Å². The number of rotatable bonds is 16. The normalized spacial score (nSPS) is 18.6. The Hall–Kier alpha value is -6.49. The summed E-state index contributed by atoms with van der Waals surface area (Å²) in [6, 6.07) is 36.1. The van der Waals surface area contributed by atoms with Crippen LogP contribution in [0.15, 0.2) is 137 Å². The molecule has 0 radical (unpaired) electrons. The fraction of sp³-hybridized carbons (Fsp3) is 0.306. The number of β-lactam (4-membered cyclic amide) rings is 1. The first kappa shape index (κ1) is 45.1. The minimum absolute atomic E-state index is 0.0259. The Balaban J connectivity index is 1.07. The average molecular weight is 916 g/mol. The molecule has 0 spiro atoms. The van der Waals surface area contributed by atoms with Gasteiger partial charge in [-0.25, -0.2) is 14.6 Å². The number of anilines is 1. The summed E-state index contributed by atoms with van der Waals surface area (Å²) in [6.45, 7) is 5.11. The number of carbonyl (C=O) groups excluding carboxylic acids is 4. The molecule has 14 nitrogen and oxygen atoms in total. The SMILES string of the molecule is COc1ccc(COC(=O)C2=C([C@H]3CCCO3)CS[C@@H]3[C@H](NC(=O)C(=NOCC(=O)OC(C)(C)C)c4csc(NC(c5ccccc5)(c5ccccc5)c5ccccc5)n4)C(=O)N23)cc1. The minimum Gasteiger partial charge on any atom is -0.497 e. The van der Waals surface area contributed by atoms with Crippen LogP contribution >= 0.6 is 23.1 Å². The number of thioether (sulfide) groups is 1. The molecule has 5 aromatic rings. The van der Waals surface area contributed by atoms with Crippen molar-refractivity contribution in [3.05, 3.63) is 160 Å². The van der Waals surface area contributed by atoms with E-state index in [-0.39, 0.29) is 29.8 Å². The van der Waals surface area contributed by atoms with Gasteiger partial charge < -0.3 is 34.4 Å². The van der Waals surface area contributed by atoms with Crippen molar-refractivity contribution in [3.63, 3.8) is 0 Å². The molecule has 65 heavy (non-hydrogen) atoms. The summed E-state index contributed by atoms with van der Waals surface area (Å²) in [5.41, 5.74) is 2.54. The van der Waals surface area contributed by atoms with E-state index in [4.69, 9.17) is 28.8 Å². The van der Waals surface area contributed by atoms with Crippen LogP contribution in [0, 0.1) is 0 Å². The van der Waals surface area contributed by atoms with Gasteiger partial charge in [0.05, 0.1) is 13.2 Å². The summed E-state index contributed by atoms with van der Waals surface area (Å²) >= 11 is 2.66. The summed E-state index contributed by atoms with van der Waals surface area (Å²) in [4.78, 5) is 66.9. The third kappa shape index (κ3) is 9.94. The number of amides is 2. The molecule has 2 saturated heterocycles. The van der Waals surface area contributed by atoms with Crippen molar-refractivity contribution in [1.82, 2.24) is 15.2 Å². The average Bonchev–Trinajstić information content (AvgIpc) is 4.04. The number of oxime groups is 1. The highest BCUT2D eigenvalue weighted by Gasteiger charge is 2.55. The lowest BCUT2D eigenvalue weighted by Crippen LogP contribution is -2.71. The molecular formula is C49H49N5O9S2. The first-order chi connectivity index (χ1) is 31.4. The van der Waals surface area contributed by atoms with E-state index in [0.717, 1.165) is 28.7 Å². The molecular weight excluding hydrogens is 867 g/mol. The van der Waals surface area contributed by atoms with E-state index >= 15 is 0 Å². The fourth-order valence-corrected chi connectivity index (χ4v) is 10.1. The number of aromatic nitrogens is 1. The second kappa shape index (κ2) is 19.7. The molecule has 1 aromatic heterocycles. The van der Waals surface area contributed by atoms with Gasteiger partial charge in [-0.1, -0.05) is 108 Å². The van der Waals surface area contributed by atoms with E-state index in [1.807, 2.05) is 91.0 Å². The van der Waals surface area contributed by atoms with Gasteiger partial charge in [0.1, 0.15) is 46.3 Å². The lowest BCUT2D eigenvalue weighted by Gasteiger charge is -2.50. The number of ether oxygens (including phenoxy) is 4. The molecule has 3 atom stereocenters. The second-order valence-electron chi connectivity index (χ2n) is 16.5. The Morgan fingerprint density at radius 1 is 0.892 bits per heavy atom. The Morgan fingerprint density at radius 2 is 1.52 bits per heavy atom. The molecule has 336 valence electrons. The highest BCUT2D eigenvalue weighted by Crippen LogP contribution is 2.44. The maximum Gasteiger partial charge on any atom is 0.355 e. The molecule has 4 aromatic carbocycles. The fourth-order valence-electron chi connectivity index (χ4n) is 7.99. The van der Waals surface area contributed by atoms with Crippen LogP contribution < -0.4 is 15.4 Å². The summed E-state index contributed by atoms with van der Waals surface area (Å²) < 4.78 is 22.4. The van der Waals surface area contributed by atoms with E-state index in [2.05, 4.69) is 15.8 Å². The summed E-state index contributed by atoms with van der Waals surface area (Å²) in [7, 11) is 1.57. The van der Waals surface area contributed by atoms with Gasteiger partial charge in [0.2, 0.25) is 6.61 Å². The van der Waals surface area contributed by atoms with Gasteiger partial charge in [-0.3, -0.25) is 14.5 Å². The molecule has 0 aliphatic carbocycles. The largest absolute Gasteiger partial charge is 0.497 e. The Morgan fingerprint density at radius 3 is 2.09 bits per heavy atom. The molecule has 2 amide bonds. The topological polar surface area (TPSA) is 167 Å². The third-order valence-corrected chi connectivity index (χ3v) is 13.0. The number of hydrogen-bond donors (Lipinski definition) is 2. The smallest absolute Gasteiger partial charge is 0.355 e. The minimum atomic E-state index is -1.04. The molecule has 8 rings (SSSR count). The van der Waals surface area contributed by atoms with E-state index in [1.165, 1.54) is 28.0 Å². The van der Waals surface area contributed by atoms with Crippen molar-refractivity contribution >= 4 is 57.7 Å². The van der Waals surface area contributed by atoms with Gasteiger partial charge in [0, 0.05) is 17.7 Å². The Labute approximate surface area is 385 Å². The number of esters is 2. The quantitative estimate of drug-likeness (QED) is 0.0337. The van der Waals surface area contributed by atoms with Crippen molar-refractivity contribution in [1.29, 1.82) is 0 Å². The van der Waals surface area contributed by atoms with Crippen LogP contribution in [0.5, 0.6) is 5.75 Å². The molecule has 16 heteroatoms. The number of hydrogen-bond acceptors (Lipinski definition) is 14. The number of fused-ring (bicyclic) bond motifs is 1. The van der Waals surface area contributed by atoms with Crippen LogP contribution in [-0.4, -0.2) is 88.5 Å². The van der Waals surface area contributed by atoms with Gasteiger partial charge in [-0.2, -0.15) is 0 Å². The monoisotopic (exact) mass is 915 g/mol. The zero-order valence-electron chi connectivity index (χ0n) is 36.4. The predicted octanol–water partition coefficient (Wildman–Crippen LogP) is 7.19. The van der Waals surface area contributed by atoms with Gasteiger partial charge >= 0.3 is 11.9 Å². The van der Waals surface area contributed by atoms with E-state index in [0.29, 0.717) is 35.2 Å². The number of carbonyl (C=O) groups is 4. The molecule has 0 unspecified atom stereocenters. The molecule has 0 saturated carbocycles. The summed E-state index contributed by atoms with van der Waals surface area (Å²) in [6.07, 6.45) is 1.18. The maximum absolute atomic E-state index is 14.4. The van der Waals surface area contributed by atoms with Crippen molar-refractivity contribution in [3.8, 4) is 5.75 Å². The number of nitrogens with one attached hydrogen (secondary N) is 2. The van der Waals surface area contributed by atoms with Crippen LogP contribution in [-0.2, 0) is 50.4 Å². The lowest BCUT2D eigenvalue weighted by atomic mass is 9.77. The number of nitrogens with zero attached hydrogens (tertiary/aromatic N) is 3. The Bertz CT molecular complexity index is 2460. The molecule has 3 aliphatic rings. The number of benzene rings is 4. The summed E-state index contributed by atoms with van der Waals surface area (Å²) in [5.74, 6) is -1.58. The highest BCUT2D eigenvalue weighted by atomic mass is 32.2. The molecule has 0 bridgehead atoms. The first-order valence-corrected chi connectivity index (χ1v) is 23.1. The maximum atomic E-state index is 14.4. The van der Waals surface area contributed by atoms with Crippen molar-refractivity contribution in [2.75, 3.05) is 31.4 Å². The van der Waals surface area contributed by atoms with Gasteiger partial charge in [-0.05, 0) is 73.6 Å². The number of methoxy groups -OCH3 is 1. The van der Waals surface area contributed by atoms with Crippen molar-refractivity contribution < 1.29 is 43.0 Å². The standard InChI is InChI=1S/C49H49N5O9S2/c1-48(2,3)63-39(55)28-62-53-40(37-30-65-47(50-37)52-49(32-15-8-5-9-16-32,33-17-10-6-11-18-33)34-19-12-7-13-20-34)43(56)51-41-44(57)54-42(36(29-64-45(41)54)38-21-14-26-60-38)46(58)61-27-31-22-24-35(59-4)25-23-31/h5-13,15-20,22-25,30,38,41,45H,14,21,26-29H2,1-4H3,(H,50,52)(H,51,56)/t38-,41-,45-/m1/s1. The van der Waals surface area contributed by atoms with Gasteiger partial charge in [-0.15, -0.1) is 23.1 Å². The van der Waals surface area contributed by atoms with Gasteiger partial charge in [0.25, 0.3) is 11.8 Å². The lowest BCUT2D eigenvalue weighted by molar-refractivity contribution is -0.160. The van der Waals surface area contributed by atoms with Crippen LogP contribution in [0.2, 0.25) is 0 Å². The van der Waals surface area contributed by atoms with Crippen LogP contribution in [0.25, 0.3) is 0 Å². The Kier molecular flexibility index (Phi) is 13.7. The molecule has 2 N–H and O–H groups in total. The van der Waals surface area contributed by atoms with Gasteiger partial charge in [0.15, 0.2) is 10.8 Å². The van der Waals surface area contributed by atoms with Crippen molar-refractivity contribution in [2.45, 2.75) is 68.9 Å². The zero-order chi connectivity index (χ0) is 45.6. The van der Waals surface area contributed by atoms with Crippen LogP contribution in [0.3, 0.4) is 0 Å². The van der Waals surface area contributed by atoms with E-state index in [1.54, 1.807) is 57.5 Å². The second-order valence-corrected chi connectivity index (χ2v) is 18.4. The third-order valence-electron chi connectivity index (χ3n) is 11.0. The van der Waals surface area contributed by atoms with Crippen LogP contribution in [0.1, 0.15) is 61.6 Å². The molecule has 3 aliphatic heterocycles. The zero-order valence-corrected chi connectivity index (χ0v) is 38.0. The highest BCUT2D eigenvalue weighted by molar-refractivity contribution is 8.00. The predicted molar refractivity (Wildman–Crippen MR) is 247 cm³/mol. The molecule has 2 fully saturated rings. The van der Waals surface area contributed by atoms with E-state index < -0.39 is 52.9 Å². The summed E-state index contributed by atoms with van der Waals surface area (Å²) in [5, 5.41) is 12.1. The van der Waals surface area contributed by atoms with Crippen molar-refractivity contribution in [2.24, 2.45) is 5.16 Å². The molecule has 4 heterocycles. The van der Waals surface area contributed by atoms with E-state index in [9.17, 15) is 19.2 Å². The number of thiazole rings is 1. The first-order valence-electron chi connectivity index (χ1n) is 21.2.